The number of rotatable bonds is 6. The van der Waals surface area contributed by atoms with Gasteiger partial charge >= 0.3 is 0 Å². The zero-order valence-corrected chi connectivity index (χ0v) is 16.0. The normalized spacial score (nSPS) is 15.0. The molecule has 0 radical (unpaired) electrons. The number of halogens is 2. The lowest BCUT2D eigenvalue weighted by molar-refractivity contribution is -0.115. The number of benzene rings is 2. The van der Waals surface area contributed by atoms with Gasteiger partial charge in [-0.2, -0.15) is 5.10 Å². The first-order valence-electron chi connectivity index (χ1n) is 9.36. The Morgan fingerprint density at radius 1 is 1.10 bits per heavy atom. The minimum Gasteiger partial charge on any atom is -0.379 e. The quantitative estimate of drug-likeness (QED) is 0.690. The fourth-order valence-corrected chi connectivity index (χ4v) is 3.31. The number of nitrogens with zero attached hydrogens (tertiary/aromatic N) is 2. The lowest BCUT2D eigenvalue weighted by atomic mass is 9.80. The molecule has 3 aromatic rings. The largest absolute Gasteiger partial charge is 0.379 e. The zero-order valence-electron chi connectivity index (χ0n) is 16.0. The molecule has 0 unspecified atom stereocenters. The van der Waals surface area contributed by atoms with Gasteiger partial charge in [-0.3, -0.25) is 9.48 Å². The van der Waals surface area contributed by atoms with Gasteiger partial charge in [0, 0.05) is 17.7 Å². The number of carbonyl (C=O) groups excluding carboxylic acids is 1. The van der Waals surface area contributed by atoms with E-state index in [2.05, 4.69) is 17.3 Å². The van der Waals surface area contributed by atoms with Crippen LogP contribution in [0.4, 0.5) is 14.6 Å². The Bertz CT molecular complexity index is 1030. The molecule has 7 heteroatoms. The molecule has 1 saturated heterocycles. The van der Waals surface area contributed by atoms with E-state index in [-0.39, 0.29) is 24.3 Å². The molecule has 0 bridgehead atoms. The number of anilines is 1. The van der Waals surface area contributed by atoms with Crippen LogP contribution in [0.25, 0.3) is 0 Å². The lowest BCUT2D eigenvalue weighted by Crippen LogP contribution is -2.43. The van der Waals surface area contributed by atoms with Crippen LogP contribution < -0.4 is 5.32 Å². The standard InChI is InChI=1S/C22H21F2N3O2/c1-22(13-29-14-22)17-5-2-15(3-6-17)11-21(28)25-20-8-9-27(26-20)12-16-4-7-18(23)19(24)10-16/h2-10H,11-14H2,1H3,(H,25,26,28). The van der Waals surface area contributed by atoms with E-state index in [4.69, 9.17) is 4.74 Å². The lowest BCUT2D eigenvalue weighted by Gasteiger charge is -2.38. The van der Waals surface area contributed by atoms with Crippen molar-refractivity contribution in [3.63, 3.8) is 0 Å². The van der Waals surface area contributed by atoms with Crippen LogP contribution in [0.15, 0.2) is 54.7 Å². The molecule has 2 aromatic carbocycles. The van der Waals surface area contributed by atoms with Crippen molar-refractivity contribution in [1.82, 2.24) is 9.78 Å². The third-order valence-corrected chi connectivity index (χ3v) is 5.09. The van der Waals surface area contributed by atoms with Gasteiger partial charge in [-0.05, 0) is 28.8 Å². The van der Waals surface area contributed by atoms with Crippen molar-refractivity contribution in [3.8, 4) is 0 Å². The highest BCUT2D eigenvalue weighted by molar-refractivity contribution is 5.91. The molecule has 0 aliphatic carbocycles. The molecule has 1 fully saturated rings. The molecule has 150 valence electrons. The molecule has 5 nitrogen and oxygen atoms in total. The van der Waals surface area contributed by atoms with Crippen LogP contribution in [-0.2, 0) is 27.9 Å². The zero-order chi connectivity index (χ0) is 20.4. The molecule has 2 heterocycles. The highest BCUT2D eigenvalue weighted by Crippen LogP contribution is 2.31. The highest BCUT2D eigenvalue weighted by atomic mass is 19.2. The fraction of sp³-hybridized carbons (Fsp3) is 0.273. The maximum Gasteiger partial charge on any atom is 0.229 e. The summed E-state index contributed by atoms with van der Waals surface area (Å²) in [7, 11) is 0. The molecule has 0 spiro atoms. The molecule has 1 N–H and O–H groups in total. The Hall–Kier alpha value is -3.06. The van der Waals surface area contributed by atoms with Crippen molar-refractivity contribution in [2.24, 2.45) is 0 Å². The number of aromatic nitrogens is 2. The van der Waals surface area contributed by atoms with E-state index in [9.17, 15) is 13.6 Å². The summed E-state index contributed by atoms with van der Waals surface area (Å²) in [6.07, 6.45) is 1.91. The SMILES string of the molecule is CC1(c2ccc(CC(=O)Nc3ccn(Cc4ccc(F)c(F)c4)n3)cc2)COC1. The van der Waals surface area contributed by atoms with Gasteiger partial charge in [0.2, 0.25) is 5.91 Å². The van der Waals surface area contributed by atoms with Crippen LogP contribution in [0.1, 0.15) is 23.6 Å². The third-order valence-electron chi connectivity index (χ3n) is 5.09. The molecule has 1 amide bonds. The first kappa shape index (κ1) is 19.3. The van der Waals surface area contributed by atoms with Crippen molar-refractivity contribution in [3.05, 3.63) is 83.1 Å². The van der Waals surface area contributed by atoms with Gasteiger partial charge in [0.25, 0.3) is 0 Å². The van der Waals surface area contributed by atoms with Crippen molar-refractivity contribution < 1.29 is 18.3 Å². The average Bonchev–Trinajstić information content (AvgIpc) is 3.10. The second-order valence-corrected chi connectivity index (χ2v) is 7.62. The van der Waals surface area contributed by atoms with Gasteiger partial charge in [-0.25, -0.2) is 8.78 Å². The molecular weight excluding hydrogens is 376 g/mol. The van der Waals surface area contributed by atoms with Gasteiger partial charge in [0.1, 0.15) is 0 Å². The van der Waals surface area contributed by atoms with E-state index >= 15 is 0 Å². The van der Waals surface area contributed by atoms with Crippen molar-refractivity contribution in [2.45, 2.75) is 25.3 Å². The molecule has 0 atom stereocenters. The summed E-state index contributed by atoms with van der Waals surface area (Å²) in [4.78, 5) is 12.3. The number of amides is 1. The van der Waals surface area contributed by atoms with Gasteiger partial charge < -0.3 is 10.1 Å². The van der Waals surface area contributed by atoms with Crippen LogP contribution in [0.2, 0.25) is 0 Å². The smallest absolute Gasteiger partial charge is 0.229 e. The van der Waals surface area contributed by atoms with Gasteiger partial charge in [-0.1, -0.05) is 37.3 Å². The summed E-state index contributed by atoms with van der Waals surface area (Å²) in [6.45, 7) is 3.88. The van der Waals surface area contributed by atoms with E-state index in [1.54, 1.807) is 16.9 Å². The number of ether oxygens (including phenoxy) is 1. The Balaban J connectivity index is 1.33. The molecule has 29 heavy (non-hydrogen) atoms. The van der Waals surface area contributed by atoms with E-state index in [0.717, 1.165) is 30.9 Å². The van der Waals surface area contributed by atoms with Crippen molar-refractivity contribution >= 4 is 11.7 Å². The Kier molecular flexibility index (Phi) is 5.15. The third kappa shape index (κ3) is 4.35. The van der Waals surface area contributed by atoms with Gasteiger partial charge in [-0.15, -0.1) is 0 Å². The van der Waals surface area contributed by atoms with Crippen LogP contribution in [0.3, 0.4) is 0 Å². The predicted molar refractivity (Wildman–Crippen MR) is 105 cm³/mol. The van der Waals surface area contributed by atoms with E-state index in [1.165, 1.54) is 11.6 Å². The molecule has 0 saturated carbocycles. The maximum atomic E-state index is 13.3. The second kappa shape index (κ2) is 7.75. The molecule has 1 aliphatic heterocycles. The molecule has 1 aliphatic rings. The van der Waals surface area contributed by atoms with E-state index in [0.29, 0.717) is 11.4 Å². The summed E-state index contributed by atoms with van der Waals surface area (Å²) >= 11 is 0. The number of carbonyl (C=O) groups is 1. The summed E-state index contributed by atoms with van der Waals surface area (Å²) < 4.78 is 33.2. The van der Waals surface area contributed by atoms with E-state index < -0.39 is 11.6 Å². The summed E-state index contributed by atoms with van der Waals surface area (Å²) in [5.74, 6) is -1.54. The van der Waals surface area contributed by atoms with Gasteiger partial charge in [0.05, 0.1) is 26.2 Å². The summed E-state index contributed by atoms with van der Waals surface area (Å²) in [6, 6.07) is 13.4. The molecular formula is C22H21F2N3O2. The Morgan fingerprint density at radius 2 is 1.83 bits per heavy atom. The molecule has 1 aromatic heterocycles. The first-order chi connectivity index (χ1) is 13.9. The molecule has 4 rings (SSSR count). The predicted octanol–water partition coefficient (Wildman–Crippen LogP) is 3.68. The van der Waals surface area contributed by atoms with Crippen LogP contribution >= 0.6 is 0 Å². The maximum absolute atomic E-state index is 13.3. The monoisotopic (exact) mass is 397 g/mol. The Morgan fingerprint density at radius 3 is 2.48 bits per heavy atom. The van der Waals surface area contributed by atoms with Crippen molar-refractivity contribution in [1.29, 1.82) is 0 Å². The first-order valence-corrected chi connectivity index (χ1v) is 9.36. The van der Waals surface area contributed by atoms with Gasteiger partial charge in [0.15, 0.2) is 17.5 Å². The highest BCUT2D eigenvalue weighted by Gasteiger charge is 2.34. The van der Waals surface area contributed by atoms with Crippen LogP contribution in [0, 0.1) is 11.6 Å². The minimum atomic E-state index is -0.895. The summed E-state index contributed by atoms with van der Waals surface area (Å²) in [5, 5.41) is 7.02. The number of nitrogens with one attached hydrogen (secondary N) is 1. The number of hydrogen-bond donors (Lipinski definition) is 1. The second-order valence-electron chi connectivity index (χ2n) is 7.62. The number of hydrogen-bond acceptors (Lipinski definition) is 3. The Labute approximate surface area is 167 Å². The van der Waals surface area contributed by atoms with Crippen LogP contribution in [-0.4, -0.2) is 28.9 Å². The minimum absolute atomic E-state index is 0.0705. The topological polar surface area (TPSA) is 56.2 Å². The van der Waals surface area contributed by atoms with Crippen LogP contribution in [0.5, 0.6) is 0 Å². The average molecular weight is 397 g/mol. The van der Waals surface area contributed by atoms with Crippen molar-refractivity contribution in [2.75, 3.05) is 18.5 Å². The summed E-state index contributed by atoms with van der Waals surface area (Å²) in [5.41, 5.74) is 2.77. The van der Waals surface area contributed by atoms with E-state index in [1.807, 2.05) is 24.3 Å². The fourth-order valence-electron chi connectivity index (χ4n) is 3.31.